The lowest BCUT2D eigenvalue weighted by Gasteiger charge is -2.12. The molecule has 6 nitrogen and oxygen atoms in total. The van der Waals surface area contributed by atoms with Crippen molar-refractivity contribution < 1.29 is 14.4 Å². The van der Waals surface area contributed by atoms with Gasteiger partial charge >= 0.3 is 0 Å². The minimum absolute atomic E-state index is 0.0322. The lowest BCUT2D eigenvalue weighted by Crippen LogP contribution is -2.30. The molecule has 0 aliphatic heterocycles. The number of anilines is 2. The van der Waals surface area contributed by atoms with Gasteiger partial charge in [0.25, 0.3) is 11.8 Å². The average molecular weight is 592 g/mol. The number of rotatable bonds is 9. The molecule has 0 aliphatic rings. The fourth-order valence-corrected chi connectivity index (χ4v) is 5.11. The molecule has 8 heteroatoms. The molecule has 0 spiro atoms. The SMILES string of the molecule is O=C(CSc1cccc(NC(=O)/C(=C\c2ccccc2Cl)NC(=O)c2ccccc2)c1)Nc1ccc2ccccc2c1. The molecule has 5 aromatic rings. The summed E-state index contributed by atoms with van der Waals surface area (Å²) in [6, 6.07) is 36.6. The first-order chi connectivity index (χ1) is 20.4. The van der Waals surface area contributed by atoms with Gasteiger partial charge in [0.1, 0.15) is 5.70 Å². The summed E-state index contributed by atoms with van der Waals surface area (Å²) in [5, 5.41) is 11.1. The number of hydrogen-bond acceptors (Lipinski definition) is 4. The van der Waals surface area contributed by atoms with Crippen LogP contribution in [0.15, 0.2) is 132 Å². The third-order valence-corrected chi connectivity index (χ3v) is 7.57. The van der Waals surface area contributed by atoms with Gasteiger partial charge in [0.15, 0.2) is 0 Å². The van der Waals surface area contributed by atoms with Gasteiger partial charge in [-0.25, -0.2) is 0 Å². The molecule has 3 amide bonds. The number of carbonyl (C=O) groups is 3. The standard InChI is InChI=1S/C34H26ClN3O3S/c35-30-16-7-6-13-26(30)20-31(38-33(40)24-10-2-1-3-11-24)34(41)37-27-14-8-15-29(21-27)42-22-32(39)36-28-18-17-23-9-4-5-12-25(23)19-28/h1-21H,22H2,(H,36,39)(H,37,41)(H,38,40)/b31-20+. The predicted molar refractivity (Wildman–Crippen MR) is 172 cm³/mol. The zero-order valence-electron chi connectivity index (χ0n) is 22.3. The van der Waals surface area contributed by atoms with E-state index in [-0.39, 0.29) is 17.4 Å². The second-order valence-electron chi connectivity index (χ2n) is 9.28. The van der Waals surface area contributed by atoms with Crippen molar-refractivity contribution in [3.63, 3.8) is 0 Å². The van der Waals surface area contributed by atoms with E-state index in [1.165, 1.54) is 17.8 Å². The summed E-state index contributed by atoms with van der Waals surface area (Å²) in [6.07, 6.45) is 1.54. The Morgan fingerprint density at radius 1 is 0.690 bits per heavy atom. The van der Waals surface area contributed by atoms with Crippen LogP contribution in [-0.2, 0) is 9.59 Å². The highest BCUT2D eigenvalue weighted by molar-refractivity contribution is 8.00. The maximum absolute atomic E-state index is 13.4. The van der Waals surface area contributed by atoms with Crippen molar-refractivity contribution >= 4 is 69.3 Å². The van der Waals surface area contributed by atoms with E-state index >= 15 is 0 Å². The van der Waals surface area contributed by atoms with Gasteiger partial charge in [-0.3, -0.25) is 14.4 Å². The molecule has 0 atom stereocenters. The Morgan fingerprint density at radius 2 is 1.40 bits per heavy atom. The summed E-state index contributed by atoms with van der Waals surface area (Å²) in [5.41, 5.74) is 2.27. The van der Waals surface area contributed by atoms with Gasteiger partial charge in [0.05, 0.1) is 5.75 Å². The maximum atomic E-state index is 13.4. The number of benzene rings is 5. The first-order valence-electron chi connectivity index (χ1n) is 13.1. The monoisotopic (exact) mass is 591 g/mol. The number of fused-ring (bicyclic) bond motifs is 1. The number of carbonyl (C=O) groups excluding carboxylic acids is 3. The van der Waals surface area contributed by atoms with Crippen molar-refractivity contribution in [3.8, 4) is 0 Å². The van der Waals surface area contributed by atoms with Crippen LogP contribution in [0.4, 0.5) is 11.4 Å². The Bertz CT molecular complexity index is 1790. The van der Waals surface area contributed by atoms with E-state index in [1.54, 1.807) is 66.7 Å². The summed E-state index contributed by atoms with van der Waals surface area (Å²) in [5.74, 6) is -0.894. The van der Waals surface area contributed by atoms with E-state index in [9.17, 15) is 14.4 Å². The molecule has 0 radical (unpaired) electrons. The number of nitrogens with one attached hydrogen (secondary N) is 3. The molecule has 208 valence electrons. The molecule has 0 saturated heterocycles. The molecular formula is C34H26ClN3O3S. The average Bonchev–Trinajstić information content (AvgIpc) is 3.01. The van der Waals surface area contributed by atoms with Crippen LogP contribution in [0.2, 0.25) is 5.02 Å². The molecule has 0 unspecified atom stereocenters. The summed E-state index contributed by atoms with van der Waals surface area (Å²) >= 11 is 7.67. The van der Waals surface area contributed by atoms with Crippen molar-refractivity contribution in [3.05, 3.63) is 143 Å². The van der Waals surface area contributed by atoms with Crippen molar-refractivity contribution in [2.75, 3.05) is 16.4 Å². The summed E-state index contributed by atoms with van der Waals surface area (Å²) in [6.45, 7) is 0. The van der Waals surface area contributed by atoms with Crippen molar-refractivity contribution in [2.24, 2.45) is 0 Å². The van der Waals surface area contributed by atoms with Gasteiger partial charge in [0.2, 0.25) is 5.91 Å². The van der Waals surface area contributed by atoms with Gasteiger partial charge in [0, 0.05) is 26.9 Å². The highest BCUT2D eigenvalue weighted by Crippen LogP contribution is 2.24. The first kappa shape index (κ1) is 28.7. The maximum Gasteiger partial charge on any atom is 0.272 e. The Morgan fingerprint density at radius 3 is 2.21 bits per heavy atom. The summed E-state index contributed by atoms with van der Waals surface area (Å²) in [4.78, 5) is 39.7. The molecule has 5 aromatic carbocycles. The van der Waals surface area contributed by atoms with Gasteiger partial charge in [-0.1, -0.05) is 84.4 Å². The van der Waals surface area contributed by atoms with Crippen LogP contribution in [0.3, 0.4) is 0 Å². The quantitative estimate of drug-likeness (QED) is 0.121. The van der Waals surface area contributed by atoms with Crippen molar-refractivity contribution in [1.29, 1.82) is 0 Å². The van der Waals surface area contributed by atoms with Crippen LogP contribution in [0.1, 0.15) is 15.9 Å². The fraction of sp³-hybridized carbons (Fsp3) is 0.0294. The number of thioether (sulfide) groups is 1. The third-order valence-electron chi connectivity index (χ3n) is 6.23. The van der Waals surface area contributed by atoms with E-state index in [1.807, 2.05) is 54.6 Å². The molecule has 0 fully saturated rings. The highest BCUT2D eigenvalue weighted by Gasteiger charge is 2.16. The van der Waals surface area contributed by atoms with E-state index in [4.69, 9.17) is 11.6 Å². The van der Waals surface area contributed by atoms with Crippen LogP contribution in [0.5, 0.6) is 0 Å². The summed E-state index contributed by atoms with van der Waals surface area (Å²) < 4.78 is 0. The molecule has 0 bridgehead atoms. The highest BCUT2D eigenvalue weighted by atomic mass is 35.5. The Kier molecular flexibility index (Phi) is 9.33. The summed E-state index contributed by atoms with van der Waals surface area (Å²) in [7, 11) is 0. The zero-order valence-corrected chi connectivity index (χ0v) is 23.9. The lowest BCUT2D eigenvalue weighted by molar-refractivity contribution is -0.114. The van der Waals surface area contributed by atoms with Gasteiger partial charge in [-0.2, -0.15) is 0 Å². The molecule has 0 saturated carbocycles. The van der Waals surface area contributed by atoms with Crippen LogP contribution < -0.4 is 16.0 Å². The van der Waals surface area contributed by atoms with E-state index in [0.29, 0.717) is 21.8 Å². The first-order valence-corrected chi connectivity index (χ1v) is 14.5. The van der Waals surface area contributed by atoms with Crippen LogP contribution >= 0.6 is 23.4 Å². The van der Waals surface area contributed by atoms with Gasteiger partial charge < -0.3 is 16.0 Å². The Balaban J connectivity index is 1.25. The Hall–Kier alpha value is -4.85. The lowest BCUT2D eigenvalue weighted by atomic mass is 10.1. The van der Waals surface area contributed by atoms with Gasteiger partial charge in [-0.05, 0) is 70.9 Å². The molecule has 5 rings (SSSR count). The molecular weight excluding hydrogens is 566 g/mol. The number of amides is 3. The van der Waals surface area contributed by atoms with Crippen LogP contribution in [0.25, 0.3) is 16.8 Å². The molecule has 42 heavy (non-hydrogen) atoms. The second kappa shape index (κ2) is 13.7. The van der Waals surface area contributed by atoms with E-state index in [2.05, 4.69) is 16.0 Å². The molecule has 3 N–H and O–H groups in total. The van der Waals surface area contributed by atoms with E-state index < -0.39 is 11.8 Å². The normalized spacial score (nSPS) is 11.1. The smallest absolute Gasteiger partial charge is 0.272 e. The van der Waals surface area contributed by atoms with Crippen LogP contribution in [-0.4, -0.2) is 23.5 Å². The second-order valence-corrected chi connectivity index (χ2v) is 10.7. The minimum atomic E-state index is -0.518. The minimum Gasteiger partial charge on any atom is -0.325 e. The topological polar surface area (TPSA) is 87.3 Å². The zero-order chi connectivity index (χ0) is 29.3. The molecule has 0 aromatic heterocycles. The third kappa shape index (κ3) is 7.66. The molecule has 0 aliphatic carbocycles. The molecule has 0 heterocycles. The van der Waals surface area contributed by atoms with E-state index in [0.717, 1.165) is 21.4 Å². The number of hydrogen-bond donors (Lipinski definition) is 3. The van der Waals surface area contributed by atoms with Crippen LogP contribution in [0, 0.1) is 0 Å². The fourth-order valence-electron chi connectivity index (χ4n) is 4.17. The number of halogens is 1. The Labute approximate surface area is 252 Å². The van der Waals surface area contributed by atoms with Crippen molar-refractivity contribution in [1.82, 2.24) is 5.32 Å². The van der Waals surface area contributed by atoms with Gasteiger partial charge in [-0.15, -0.1) is 11.8 Å². The largest absolute Gasteiger partial charge is 0.325 e. The predicted octanol–water partition coefficient (Wildman–Crippen LogP) is 7.63. The van der Waals surface area contributed by atoms with Crippen molar-refractivity contribution in [2.45, 2.75) is 4.90 Å².